The van der Waals surface area contributed by atoms with Crippen molar-refractivity contribution in [3.05, 3.63) is 18.1 Å². The molecule has 7 heteroatoms. The standard InChI is InChI=1S/C8H13N7/c1-6(2)15-8(10-12-13-15)5-14-4-3-7(9)11-14/h3-4,6H,5H2,1-2H3,(H2,9,11). The molecular weight excluding hydrogens is 194 g/mol. The lowest BCUT2D eigenvalue weighted by atomic mass is 10.4. The molecule has 2 heterocycles. The molecule has 0 atom stereocenters. The lowest BCUT2D eigenvalue weighted by Gasteiger charge is -2.07. The minimum atomic E-state index is 0.239. The summed E-state index contributed by atoms with van der Waals surface area (Å²) in [6.45, 7) is 4.58. The summed E-state index contributed by atoms with van der Waals surface area (Å²) in [4.78, 5) is 0. The second kappa shape index (κ2) is 3.68. The number of rotatable bonds is 3. The van der Waals surface area contributed by atoms with Gasteiger partial charge in [0.25, 0.3) is 0 Å². The Bertz CT molecular complexity index is 441. The number of hydrogen-bond donors (Lipinski definition) is 1. The van der Waals surface area contributed by atoms with E-state index in [0.717, 1.165) is 5.82 Å². The number of nitrogen functional groups attached to an aromatic ring is 1. The third-order valence-corrected chi connectivity index (χ3v) is 2.01. The lowest BCUT2D eigenvalue weighted by Crippen LogP contribution is -2.12. The van der Waals surface area contributed by atoms with Crippen molar-refractivity contribution in [2.75, 3.05) is 5.73 Å². The number of nitrogens with two attached hydrogens (primary N) is 1. The van der Waals surface area contributed by atoms with Gasteiger partial charge in [0.1, 0.15) is 12.4 Å². The summed E-state index contributed by atoms with van der Waals surface area (Å²) >= 11 is 0. The molecule has 0 spiro atoms. The fourth-order valence-electron chi connectivity index (χ4n) is 1.33. The summed E-state index contributed by atoms with van der Waals surface area (Å²) in [6.07, 6.45) is 1.80. The molecule has 0 aliphatic heterocycles. The van der Waals surface area contributed by atoms with Crippen LogP contribution in [0.5, 0.6) is 0 Å². The second-order valence-corrected chi connectivity index (χ2v) is 3.57. The molecule has 0 unspecified atom stereocenters. The van der Waals surface area contributed by atoms with Crippen LogP contribution < -0.4 is 5.73 Å². The molecule has 2 aromatic heterocycles. The fraction of sp³-hybridized carbons (Fsp3) is 0.500. The molecule has 15 heavy (non-hydrogen) atoms. The molecule has 2 N–H and O–H groups in total. The van der Waals surface area contributed by atoms with E-state index >= 15 is 0 Å². The normalized spacial score (nSPS) is 11.1. The van der Waals surface area contributed by atoms with Crippen molar-refractivity contribution in [1.82, 2.24) is 30.0 Å². The zero-order valence-corrected chi connectivity index (χ0v) is 8.70. The smallest absolute Gasteiger partial charge is 0.173 e. The van der Waals surface area contributed by atoms with Crippen LogP contribution in [-0.2, 0) is 6.54 Å². The molecule has 0 saturated heterocycles. The van der Waals surface area contributed by atoms with Gasteiger partial charge >= 0.3 is 0 Å². The van der Waals surface area contributed by atoms with Gasteiger partial charge in [0.15, 0.2) is 5.82 Å². The van der Waals surface area contributed by atoms with Crippen molar-refractivity contribution in [2.24, 2.45) is 0 Å². The average molecular weight is 207 g/mol. The third kappa shape index (κ3) is 1.95. The maximum absolute atomic E-state index is 5.52. The van der Waals surface area contributed by atoms with Gasteiger partial charge in [0.05, 0.1) is 6.04 Å². The summed E-state index contributed by atoms with van der Waals surface area (Å²) in [5.74, 6) is 1.27. The topological polar surface area (TPSA) is 87.4 Å². The first-order chi connectivity index (χ1) is 7.16. The Labute approximate surface area is 86.9 Å². The SMILES string of the molecule is CC(C)n1nnnc1Cn1ccc(N)n1. The predicted molar refractivity (Wildman–Crippen MR) is 53.9 cm³/mol. The Morgan fingerprint density at radius 1 is 1.47 bits per heavy atom. The van der Waals surface area contributed by atoms with Gasteiger partial charge in [0.2, 0.25) is 0 Å². The number of aromatic nitrogens is 6. The summed E-state index contributed by atoms with van der Waals surface area (Å²) < 4.78 is 3.47. The van der Waals surface area contributed by atoms with Crippen LogP contribution in [0.2, 0.25) is 0 Å². The van der Waals surface area contributed by atoms with Crippen LogP contribution in [0.25, 0.3) is 0 Å². The third-order valence-electron chi connectivity index (χ3n) is 2.01. The van der Waals surface area contributed by atoms with Gasteiger partial charge in [-0.15, -0.1) is 5.10 Å². The molecule has 2 aromatic rings. The van der Waals surface area contributed by atoms with Gasteiger partial charge < -0.3 is 5.73 Å². The molecule has 2 rings (SSSR count). The Kier molecular flexibility index (Phi) is 2.36. The first-order valence-corrected chi connectivity index (χ1v) is 4.72. The van der Waals surface area contributed by atoms with Gasteiger partial charge in [0, 0.05) is 6.20 Å². The Hall–Kier alpha value is -1.92. The van der Waals surface area contributed by atoms with Crippen LogP contribution in [0, 0.1) is 0 Å². The predicted octanol–water partition coefficient (Wildman–Crippen LogP) is 0.0810. The van der Waals surface area contributed by atoms with E-state index in [1.165, 1.54) is 0 Å². The second-order valence-electron chi connectivity index (χ2n) is 3.57. The minimum Gasteiger partial charge on any atom is -0.382 e. The molecule has 0 amide bonds. The summed E-state index contributed by atoms with van der Waals surface area (Å²) in [5.41, 5.74) is 5.52. The Morgan fingerprint density at radius 2 is 2.27 bits per heavy atom. The summed E-state index contributed by atoms with van der Waals surface area (Å²) in [6, 6.07) is 1.98. The fourth-order valence-corrected chi connectivity index (χ4v) is 1.33. The highest BCUT2D eigenvalue weighted by molar-refractivity contribution is 5.23. The van der Waals surface area contributed by atoms with E-state index in [1.54, 1.807) is 21.6 Å². The van der Waals surface area contributed by atoms with Crippen LogP contribution in [0.3, 0.4) is 0 Å². The molecule has 7 nitrogen and oxygen atoms in total. The number of nitrogens with zero attached hydrogens (tertiary/aromatic N) is 6. The average Bonchev–Trinajstić information content (AvgIpc) is 2.75. The summed E-state index contributed by atoms with van der Waals surface area (Å²) in [7, 11) is 0. The van der Waals surface area contributed by atoms with Crippen LogP contribution in [-0.4, -0.2) is 30.0 Å². The van der Waals surface area contributed by atoms with Gasteiger partial charge in [-0.1, -0.05) is 0 Å². The number of hydrogen-bond acceptors (Lipinski definition) is 5. The zero-order valence-electron chi connectivity index (χ0n) is 8.70. The number of anilines is 1. The van der Waals surface area contributed by atoms with Crippen molar-refractivity contribution >= 4 is 5.82 Å². The van der Waals surface area contributed by atoms with E-state index in [0.29, 0.717) is 12.4 Å². The van der Waals surface area contributed by atoms with E-state index in [4.69, 9.17) is 5.73 Å². The van der Waals surface area contributed by atoms with E-state index in [2.05, 4.69) is 20.6 Å². The van der Waals surface area contributed by atoms with Crippen LogP contribution in [0.15, 0.2) is 12.3 Å². The largest absolute Gasteiger partial charge is 0.382 e. The highest BCUT2D eigenvalue weighted by Gasteiger charge is 2.09. The van der Waals surface area contributed by atoms with E-state index in [-0.39, 0.29) is 6.04 Å². The highest BCUT2D eigenvalue weighted by Crippen LogP contribution is 2.06. The van der Waals surface area contributed by atoms with Crippen LogP contribution in [0.4, 0.5) is 5.82 Å². The lowest BCUT2D eigenvalue weighted by molar-refractivity contribution is 0.480. The highest BCUT2D eigenvalue weighted by atomic mass is 15.6. The van der Waals surface area contributed by atoms with E-state index in [1.807, 2.05) is 13.8 Å². The van der Waals surface area contributed by atoms with Gasteiger partial charge in [-0.3, -0.25) is 4.68 Å². The molecule has 0 aliphatic rings. The minimum absolute atomic E-state index is 0.239. The molecule has 0 radical (unpaired) electrons. The van der Waals surface area contributed by atoms with Crippen molar-refractivity contribution in [1.29, 1.82) is 0 Å². The maximum atomic E-state index is 5.52. The van der Waals surface area contributed by atoms with Gasteiger partial charge in [-0.25, -0.2) is 4.68 Å². The van der Waals surface area contributed by atoms with Crippen LogP contribution >= 0.6 is 0 Å². The Balaban J connectivity index is 2.20. The first kappa shape index (κ1) is 9.63. The summed E-state index contributed by atoms with van der Waals surface area (Å²) in [5, 5.41) is 15.6. The van der Waals surface area contributed by atoms with Gasteiger partial charge in [-0.2, -0.15) is 5.10 Å². The van der Waals surface area contributed by atoms with E-state index < -0.39 is 0 Å². The maximum Gasteiger partial charge on any atom is 0.173 e. The molecule has 0 fully saturated rings. The molecule has 0 saturated carbocycles. The van der Waals surface area contributed by atoms with Crippen molar-refractivity contribution in [3.63, 3.8) is 0 Å². The van der Waals surface area contributed by atoms with Gasteiger partial charge in [-0.05, 0) is 30.3 Å². The molecule has 0 aliphatic carbocycles. The molecule has 80 valence electrons. The first-order valence-electron chi connectivity index (χ1n) is 4.72. The van der Waals surface area contributed by atoms with Crippen molar-refractivity contribution < 1.29 is 0 Å². The van der Waals surface area contributed by atoms with Crippen molar-refractivity contribution in [3.8, 4) is 0 Å². The molecular formula is C8H13N7. The number of tetrazole rings is 1. The Morgan fingerprint density at radius 3 is 2.87 bits per heavy atom. The quantitative estimate of drug-likeness (QED) is 0.770. The zero-order chi connectivity index (χ0) is 10.8. The van der Waals surface area contributed by atoms with E-state index in [9.17, 15) is 0 Å². The molecule has 0 bridgehead atoms. The monoisotopic (exact) mass is 207 g/mol. The molecule has 0 aromatic carbocycles. The van der Waals surface area contributed by atoms with Crippen molar-refractivity contribution in [2.45, 2.75) is 26.4 Å². The van der Waals surface area contributed by atoms with Crippen LogP contribution in [0.1, 0.15) is 25.7 Å².